The van der Waals surface area contributed by atoms with E-state index in [0.29, 0.717) is 16.7 Å². The fourth-order valence-corrected chi connectivity index (χ4v) is 2.46. The summed E-state index contributed by atoms with van der Waals surface area (Å²) in [5, 5.41) is 0.628. The molecule has 3 aromatic rings. The number of aromatic nitrogens is 3. The van der Waals surface area contributed by atoms with Gasteiger partial charge in [-0.25, -0.2) is 9.78 Å². The lowest BCUT2D eigenvalue weighted by Crippen LogP contribution is -2.27. The molecule has 1 aromatic carbocycles. The highest BCUT2D eigenvalue weighted by Gasteiger charge is 2.17. The molecule has 0 saturated carbocycles. The molecule has 0 aliphatic carbocycles. The number of nitrogens with zero attached hydrogens (tertiary/aromatic N) is 3. The highest BCUT2D eigenvalue weighted by molar-refractivity contribution is 6.30. The first-order chi connectivity index (χ1) is 11.3. The van der Waals surface area contributed by atoms with Crippen molar-refractivity contribution >= 4 is 11.6 Å². The van der Waals surface area contributed by atoms with Crippen LogP contribution in [0.4, 0.5) is 0 Å². The van der Waals surface area contributed by atoms with Gasteiger partial charge in [0, 0.05) is 22.2 Å². The largest absolute Gasteiger partial charge is 0.439 e. The average Bonchev–Trinajstić information content (AvgIpc) is 2.97. The molecular weight excluding hydrogens is 326 g/mol. The predicted octanol–water partition coefficient (Wildman–Crippen LogP) is 3.90. The van der Waals surface area contributed by atoms with Gasteiger partial charge in [-0.15, -0.1) is 0 Å². The molecule has 5 nitrogen and oxygen atoms in total. The molecule has 2 aromatic heterocycles. The number of hydrogen-bond donors (Lipinski definition) is 0. The van der Waals surface area contributed by atoms with Gasteiger partial charge in [-0.05, 0) is 18.2 Å². The highest BCUT2D eigenvalue weighted by atomic mass is 35.5. The Bertz CT molecular complexity index is 922. The smallest absolute Gasteiger partial charge is 0.348 e. The molecule has 2 heterocycles. The van der Waals surface area contributed by atoms with Gasteiger partial charge in [0.05, 0.1) is 11.9 Å². The molecule has 0 aliphatic rings. The first-order valence-electron chi connectivity index (χ1n) is 7.61. The van der Waals surface area contributed by atoms with E-state index < -0.39 is 0 Å². The molecule has 6 heteroatoms. The zero-order valence-corrected chi connectivity index (χ0v) is 14.5. The Morgan fingerprint density at radius 3 is 2.71 bits per heavy atom. The average molecular weight is 344 g/mol. The van der Waals surface area contributed by atoms with Gasteiger partial charge in [0.25, 0.3) is 0 Å². The van der Waals surface area contributed by atoms with Crippen LogP contribution in [0.2, 0.25) is 5.02 Å². The maximum Gasteiger partial charge on any atom is 0.348 e. The second-order valence-electron chi connectivity index (χ2n) is 6.60. The van der Waals surface area contributed by atoms with Crippen molar-refractivity contribution in [1.29, 1.82) is 0 Å². The molecule has 124 valence electrons. The first kappa shape index (κ1) is 16.5. The maximum absolute atomic E-state index is 12.2. The Kier molecular flexibility index (Phi) is 4.28. The fourth-order valence-electron chi connectivity index (χ4n) is 2.27. The zero-order valence-electron chi connectivity index (χ0n) is 13.8. The van der Waals surface area contributed by atoms with Crippen molar-refractivity contribution in [3.05, 3.63) is 69.8 Å². The zero-order chi connectivity index (χ0) is 17.3. The van der Waals surface area contributed by atoms with Crippen LogP contribution < -0.4 is 5.69 Å². The summed E-state index contributed by atoms with van der Waals surface area (Å²) >= 11 is 5.99. The molecule has 0 aliphatic heterocycles. The third-order valence-corrected chi connectivity index (χ3v) is 3.85. The van der Waals surface area contributed by atoms with Gasteiger partial charge in [-0.1, -0.05) is 44.5 Å². The van der Waals surface area contributed by atoms with Crippen LogP contribution in [0.5, 0.6) is 0 Å². The number of oxazole rings is 1. The van der Waals surface area contributed by atoms with E-state index in [1.54, 1.807) is 24.5 Å². The van der Waals surface area contributed by atoms with Crippen LogP contribution in [0, 0.1) is 0 Å². The van der Waals surface area contributed by atoms with Crippen LogP contribution in [-0.2, 0) is 12.0 Å². The second-order valence-corrected chi connectivity index (χ2v) is 7.04. The summed E-state index contributed by atoms with van der Waals surface area (Å²) in [6, 6.07) is 9.19. The van der Waals surface area contributed by atoms with E-state index in [1.807, 2.05) is 39.0 Å². The third kappa shape index (κ3) is 3.57. The van der Waals surface area contributed by atoms with Crippen molar-refractivity contribution in [3.8, 4) is 11.3 Å². The normalized spacial score (nSPS) is 11.7. The Morgan fingerprint density at radius 1 is 1.25 bits per heavy atom. The van der Waals surface area contributed by atoms with E-state index in [-0.39, 0.29) is 17.6 Å². The van der Waals surface area contributed by atoms with E-state index >= 15 is 0 Å². The quantitative estimate of drug-likeness (QED) is 0.723. The van der Waals surface area contributed by atoms with E-state index in [1.165, 1.54) is 4.57 Å². The molecule has 3 rings (SSSR count). The second kappa shape index (κ2) is 6.24. The number of benzene rings is 1. The third-order valence-electron chi connectivity index (χ3n) is 3.61. The molecule has 0 bridgehead atoms. The molecule has 0 radical (unpaired) electrons. The first-order valence-corrected chi connectivity index (χ1v) is 7.99. The van der Waals surface area contributed by atoms with Crippen molar-refractivity contribution < 1.29 is 4.42 Å². The Labute approximate surface area is 144 Å². The van der Waals surface area contributed by atoms with Gasteiger partial charge in [-0.3, -0.25) is 4.57 Å². The minimum Gasteiger partial charge on any atom is -0.439 e. The summed E-state index contributed by atoms with van der Waals surface area (Å²) in [6.45, 7) is 6.29. The molecule has 0 unspecified atom stereocenters. The summed E-state index contributed by atoms with van der Waals surface area (Å²) in [7, 11) is 0. The van der Waals surface area contributed by atoms with Crippen LogP contribution in [-0.4, -0.2) is 14.5 Å². The molecular formula is C18H18ClN3O2. The van der Waals surface area contributed by atoms with Crippen molar-refractivity contribution in [2.45, 2.75) is 32.7 Å². The lowest BCUT2D eigenvalue weighted by molar-refractivity contribution is 0.478. The van der Waals surface area contributed by atoms with Crippen LogP contribution in [0.3, 0.4) is 0 Å². The van der Waals surface area contributed by atoms with Gasteiger partial charge < -0.3 is 4.42 Å². The number of rotatable bonds is 3. The van der Waals surface area contributed by atoms with Crippen molar-refractivity contribution in [3.63, 3.8) is 0 Å². The molecule has 0 amide bonds. The van der Waals surface area contributed by atoms with Gasteiger partial charge in [-0.2, -0.15) is 4.98 Å². The van der Waals surface area contributed by atoms with Crippen LogP contribution >= 0.6 is 11.6 Å². The molecule has 0 atom stereocenters. The summed E-state index contributed by atoms with van der Waals surface area (Å²) < 4.78 is 7.20. The van der Waals surface area contributed by atoms with Crippen molar-refractivity contribution in [1.82, 2.24) is 14.5 Å². The summed E-state index contributed by atoms with van der Waals surface area (Å²) in [6.07, 6.45) is 3.35. The van der Waals surface area contributed by atoms with E-state index in [2.05, 4.69) is 9.97 Å². The molecule has 0 saturated heterocycles. The minimum absolute atomic E-state index is 0.166. The van der Waals surface area contributed by atoms with Gasteiger partial charge in [0.15, 0.2) is 5.76 Å². The summed E-state index contributed by atoms with van der Waals surface area (Å²) in [5.41, 5.74) is 1.12. The number of halogens is 1. The minimum atomic E-state index is -0.315. The predicted molar refractivity (Wildman–Crippen MR) is 93.2 cm³/mol. The van der Waals surface area contributed by atoms with Crippen molar-refractivity contribution in [2.75, 3.05) is 0 Å². The standard InChI is InChI=1S/C18H18ClN3O2/c1-18(2,3)15-7-8-22(17(23)21-15)11-16-20-10-14(24-16)12-5-4-6-13(19)9-12/h4-10H,11H2,1-3H3. The van der Waals surface area contributed by atoms with Crippen LogP contribution in [0.15, 0.2) is 51.9 Å². The highest BCUT2D eigenvalue weighted by Crippen LogP contribution is 2.23. The van der Waals surface area contributed by atoms with Crippen LogP contribution in [0.25, 0.3) is 11.3 Å². The SMILES string of the molecule is CC(C)(C)c1ccn(Cc2ncc(-c3cccc(Cl)c3)o2)c(=O)n1. The Hall–Kier alpha value is -2.40. The Morgan fingerprint density at radius 2 is 2.04 bits per heavy atom. The summed E-state index contributed by atoms with van der Waals surface area (Å²) in [4.78, 5) is 20.5. The van der Waals surface area contributed by atoms with E-state index in [9.17, 15) is 4.79 Å². The topological polar surface area (TPSA) is 60.9 Å². The Balaban J connectivity index is 1.84. The summed E-state index contributed by atoms with van der Waals surface area (Å²) in [5.74, 6) is 1.05. The van der Waals surface area contributed by atoms with Gasteiger partial charge in [0.1, 0.15) is 6.54 Å². The van der Waals surface area contributed by atoms with E-state index in [0.717, 1.165) is 11.3 Å². The molecule has 24 heavy (non-hydrogen) atoms. The van der Waals surface area contributed by atoms with Gasteiger partial charge in [0.2, 0.25) is 5.89 Å². The number of hydrogen-bond acceptors (Lipinski definition) is 4. The lowest BCUT2D eigenvalue weighted by Gasteiger charge is -2.17. The van der Waals surface area contributed by atoms with Crippen LogP contribution in [0.1, 0.15) is 32.4 Å². The molecule has 0 spiro atoms. The maximum atomic E-state index is 12.2. The molecule has 0 N–H and O–H groups in total. The van der Waals surface area contributed by atoms with Gasteiger partial charge >= 0.3 is 5.69 Å². The monoisotopic (exact) mass is 343 g/mol. The lowest BCUT2D eigenvalue weighted by atomic mass is 9.92. The van der Waals surface area contributed by atoms with E-state index in [4.69, 9.17) is 16.0 Å². The fraction of sp³-hybridized carbons (Fsp3) is 0.278. The molecule has 0 fully saturated rings. The van der Waals surface area contributed by atoms with Crippen molar-refractivity contribution in [2.24, 2.45) is 0 Å².